The predicted molar refractivity (Wildman–Crippen MR) is 110 cm³/mol. The SMILES string of the molecule is COc1ccccc1CCNC[C@H]1C(=O)O[C@@H]2C[C@]3(C)CCC[C@@H](C)[C@@]34O[C@@H]4[C@H]21. The fraction of sp³-hybridized carbons (Fsp3) is 0.708. The van der Waals surface area contributed by atoms with Crippen LogP contribution in [0, 0.1) is 23.2 Å². The predicted octanol–water partition coefficient (Wildman–Crippen LogP) is 3.35. The second-order valence-electron chi connectivity index (χ2n) is 9.81. The van der Waals surface area contributed by atoms with Crippen LogP contribution in [0.3, 0.4) is 0 Å². The number of methoxy groups -OCH3 is 1. The summed E-state index contributed by atoms with van der Waals surface area (Å²) in [7, 11) is 1.70. The summed E-state index contributed by atoms with van der Waals surface area (Å²) < 4.78 is 17.8. The van der Waals surface area contributed by atoms with Crippen molar-refractivity contribution in [3.8, 4) is 5.75 Å². The summed E-state index contributed by atoms with van der Waals surface area (Å²) in [6, 6.07) is 8.10. The van der Waals surface area contributed by atoms with Gasteiger partial charge in [-0.25, -0.2) is 0 Å². The van der Waals surface area contributed by atoms with Crippen molar-refractivity contribution in [1.29, 1.82) is 0 Å². The standard InChI is InChI=1S/C24H33NO4/c1-15-7-6-11-23(2)13-19-20(21-24(15,23)29-21)17(22(26)28-19)14-25-12-10-16-8-4-5-9-18(16)27-3/h4-5,8-9,15,17,19-21,25H,6-7,10-14H2,1-3H3/t15-,17-,19-,20+,21-,23+,24+/m1/s1. The van der Waals surface area contributed by atoms with E-state index in [9.17, 15) is 4.79 Å². The van der Waals surface area contributed by atoms with E-state index in [1.54, 1.807) is 7.11 Å². The average molecular weight is 400 g/mol. The molecule has 0 aromatic heterocycles. The second kappa shape index (κ2) is 6.98. The second-order valence-corrected chi connectivity index (χ2v) is 9.81. The van der Waals surface area contributed by atoms with Crippen LogP contribution in [0.1, 0.15) is 45.1 Å². The number of ether oxygens (including phenoxy) is 3. The van der Waals surface area contributed by atoms with Crippen LogP contribution < -0.4 is 10.1 Å². The van der Waals surface area contributed by atoms with Gasteiger partial charge in [0.15, 0.2) is 0 Å². The lowest BCUT2D eigenvalue weighted by Crippen LogP contribution is -2.54. The lowest BCUT2D eigenvalue weighted by atomic mass is 9.53. The number of carbonyl (C=O) groups is 1. The van der Waals surface area contributed by atoms with E-state index in [0.717, 1.165) is 25.1 Å². The lowest BCUT2D eigenvalue weighted by Gasteiger charge is -2.48. The molecule has 2 aliphatic carbocycles. The maximum Gasteiger partial charge on any atom is 0.311 e. The first-order valence-corrected chi connectivity index (χ1v) is 11.2. The Morgan fingerprint density at radius 2 is 2.14 bits per heavy atom. The van der Waals surface area contributed by atoms with Crippen molar-refractivity contribution in [3.63, 3.8) is 0 Å². The third-order valence-corrected chi connectivity index (χ3v) is 8.32. The van der Waals surface area contributed by atoms with Gasteiger partial charge in [0.1, 0.15) is 17.5 Å². The van der Waals surface area contributed by atoms with Gasteiger partial charge in [0.2, 0.25) is 0 Å². The fourth-order valence-corrected chi connectivity index (χ4v) is 6.86. The van der Waals surface area contributed by atoms with Gasteiger partial charge in [-0.15, -0.1) is 0 Å². The average Bonchev–Trinajstić information content (AvgIpc) is 3.39. The molecular weight excluding hydrogens is 366 g/mol. The first kappa shape index (κ1) is 19.4. The highest BCUT2D eigenvalue weighted by Crippen LogP contribution is 2.70. The highest BCUT2D eigenvalue weighted by molar-refractivity contribution is 5.76. The molecule has 0 radical (unpaired) electrons. The zero-order valence-corrected chi connectivity index (χ0v) is 17.8. The quantitative estimate of drug-likeness (QED) is 0.452. The highest BCUT2D eigenvalue weighted by Gasteiger charge is 2.78. The number of benzene rings is 1. The van der Waals surface area contributed by atoms with Crippen molar-refractivity contribution in [2.24, 2.45) is 23.2 Å². The summed E-state index contributed by atoms with van der Waals surface area (Å²) in [4.78, 5) is 12.7. The fourth-order valence-electron chi connectivity index (χ4n) is 6.86. The highest BCUT2D eigenvalue weighted by atomic mass is 16.6. The number of rotatable bonds is 6. The monoisotopic (exact) mass is 399 g/mol. The van der Waals surface area contributed by atoms with Crippen LogP contribution in [-0.4, -0.2) is 44.0 Å². The Bertz CT molecular complexity index is 797. The van der Waals surface area contributed by atoms with E-state index in [2.05, 4.69) is 25.2 Å². The minimum absolute atomic E-state index is 0.0178. The van der Waals surface area contributed by atoms with Crippen molar-refractivity contribution < 1.29 is 19.0 Å². The molecule has 2 aliphatic heterocycles. The number of nitrogens with one attached hydrogen (secondary N) is 1. The van der Waals surface area contributed by atoms with Crippen LogP contribution >= 0.6 is 0 Å². The molecule has 4 fully saturated rings. The van der Waals surface area contributed by atoms with Crippen LogP contribution in [0.2, 0.25) is 0 Å². The number of carbonyl (C=O) groups excluding carboxylic acids is 1. The molecule has 2 saturated heterocycles. The maximum absolute atomic E-state index is 12.7. The summed E-state index contributed by atoms with van der Waals surface area (Å²) in [6.07, 6.45) is 5.74. The van der Waals surface area contributed by atoms with Crippen molar-refractivity contribution in [3.05, 3.63) is 29.8 Å². The summed E-state index contributed by atoms with van der Waals surface area (Å²) >= 11 is 0. The smallest absolute Gasteiger partial charge is 0.311 e. The topological polar surface area (TPSA) is 60.1 Å². The Morgan fingerprint density at radius 3 is 2.97 bits per heavy atom. The molecule has 1 N–H and O–H groups in total. The largest absolute Gasteiger partial charge is 0.496 e. The molecule has 29 heavy (non-hydrogen) atoms. The summed E-state index contributed by atoms with van der Waals surface area (Å²) in [5.74, 6) is 1.56. The van der Waals surface area contributed by atoms with Crippen LogP contribution in [0.4, 0.5) is 0 Å². The molecule has 5 nitrogen and oxygen atoms in total. The molecule has 4 aliphatic rings. The van der Waals surface area contributed by atoms with E-state index in [1.165, 1.54) is 24.8 Å². The first-order valence-electron chi connectivity index (χ1n) is 11.2. The summed E-state index contributed by atoms with van der Waals surface area (Å²) in [6.45, 7) is 6.18. The molecule has 5 heteroatoms. The zero-order chi connectivity index (χ0) is 20.2. The first-order chi connectivity index (χ1) is 14.0. The molecule has 158 valence electrons. The molecule has 2 heterocycles. The van der Waals surface area contributed by atoms with E-state index in [-0.39, 0.29) is 41.0 Å². The molecule has 1 aromatic carbocycles. The third kappa shape index (κ3) is 2.84. The van der Waals surface area contributed by atoms with Gasteiger partial charge in [-0.05, 0) is 49.8 Å². The number of hydrogen-bond acceptors (Lipinski definition) is 5. The molecule has 0 amide bonds. The Morgan fingerprint density at radius 1 is 1.31 bits per heavy atom. The number of para-hydroxylation sites is 1. The molecular formula is C24H33NO4. The van der Waals surface area contributed by atoms with E-state index < -0.39 is 0 Å². The molecule has 2 saturated carbocycles. The van der Waals surface area contributed by atoms with Gasteiger partial charge in [-0.3, -0.25) is 4.79 Å². The minimum atomic E-state index is -0.0966. The van der Waals surface area contributed by atoms with Gasteiger partial charge in [0, 0.05) is 17.9 Å². The maximum atomic E-state index is 12.7. The van der Waals surface area contributed by atoms with E-state index in [0.29, 0.717) is 12.5 Å². The number of fused-ring (bicyclic) bond motifs is 2. The van der Waals surface area contributed by atoms with Gasteiger partial charge in [0.25, 0.3) is 0 Å². The molecule has 0 unspecified atom stereocenters. The van der Waals surface area contributed by atoms with E-state index >= 15 is 0 Å². The lowest BCUT2D eigenvalue weighted by molar-refractivity contribution is -0.146. The van der Waals surface area contributed by atoms with E-state index in [1.807, 2.05) is 18.2 Å². The molecule has 0 bridgehead atoms. The molecule has 1 spiro atoms. The van der Waals surface area contributed by atoms with Crippen LogP contribution in [0.15, 0.2) is 24.3 Å². The Labute approximate surface area is 173 Å². The van der Waals surface area contributed by atoms with Crippen LogP contribution in [0.5, 0.6) is 5.75 Å². The summed E-state index contributed by atoms with van der Waals surface area (Å²) in [5, 5.41) is 3.51. The van der Waals surface area contributed by atoms with Gasteiger partial charge in [0.05, 0.1) is 19.1 Å². The minimum Gasteiger partial charge on any atom is -0.496 e. The number of epoxide rings is 1. The van der Waals surface area contributed by atoms with Gasteiger partial charge in [-0.1, -0.05) is 38.5 Å². The van der Waals surface area contributed by atoms with Gasteiger partial charge < -0.3 is 19.5 Å². The van der Waals surface area contributed by atoms with Crippen molar-refractivity contribution in [2.75, 3.05) is 20.2 Å². The summed E-state index contributed by atoms with van der Waals surface area (Å²) in [5.41, 5.74) is 1.32. The Hall–Kier alpha value is -1.59. The normalized spacial score (nSPS) is 42.4. The number of hydrogen-bond donors (Lipinski definition) is 1. The third-order valence-electron chi connectivity index (χ3n) is 8.32. The van der Waals surface area contributed by atoms with Gasteiger partial charge >= 0.3 is 5.97 Å². The van der Waals surface area contributed by atoms with Crippen molar-refractivity contribution >= 4 is 5.97 Å². The van der Waals surface area contributed by atoms with Crippen molar-refractivity contribution in [2.45, 2.75) is 63.8 Å². The molecule has 5 rings (SSSR count). The molecule has 7 atom stereocenters. The van der Waals surface area contributed by atoms with Crippen molar-refractivity contribution in [1.82, 2.24) is 5.32 Å². The molecule has 1 aromatic rings. The Kier molecular flexibility index (Phi) is 4.67. The van der Waals surface area contributed by atoms with Crippen LogP contribution in [-0.2, 0) is 20.7 Å². The van der Waals surface area contributed by atoms with E-state index in [4.69, 9.17) is 14.2 Å². The zero-order valence-electron chi connectivity index (χ0n) is 17.8. The number of esters is 1. The van der Waals surface area contributed by atoms with Crippen LogP contribution in [0.25, 0.3) is 0 Å². The van der Waals surface area contributed by atoms with Gasteiger partial charge in [-0.2, -0.15) is 0 Å². The Balaban J connectivity index is 1.24.